The lowest BCUT2D eigenvalue weighted by molar-refractivity contribution is -0.0535. The number of nitrogens with one attached hydrogen (secondary N) is 1. The lowest BCUT2D eigenvalue weighted by Gasteiger charge is -2.43. The van der Waals surface area contributed by atoms with Gasteiger partial charge in [-0.2, -0.15) is 5.26 Å². The maximum absolute atomic E-state index is 15.0. The average Bonchev–Trinajstić information content (AvgIpc) is 3.68. The van der Waals surface area contributed by atoms with E-state index in [0.29, 0.717) is 35.2 Å². The van der Waals surface area contributed by atoms with Gasteiger partial charge in [0.25, 0.3) is 5.56 Å². The average molecular weight is 633 g/mol. The molecule has 45 heavy (non-hydrogen) atoms. The number of piperidine rings is 1. The minimum absolute atomic E-state index is 0.0707. The van der Waals surface area contributed by atoms with Crippen molar-refractivity contribution in [2.45, 2.75) is 82.4 Å². The summed E-state index contributed by atoms with van der Waals surface area (Å²) < 4.78 is 34.5. The van der Waals surface area contributed by atoms with Crippen molar-refractivity contribution in [1.29, 1.82) is 5.26 Å². The number of nitrogens with zero attached hydrogens (tertiary/aromatic N) is 5. The van der Waals surface area contributed by atoms with Crippen molar-refractivity contribution in [1.82, 2.24) is 18.8 Å². The summed E-state index contributed by atoms with van der Waals surface area (Å²) in [6.07, 6.45) is 12.2. The first-order valence-corrected chi connectivity index (χ1v) is 17.2. The Hall–Kier alpha value is -3.17. The standard InChI is InChI=1S/C34H41FN6O3S/c1-23-11-14-40(20-23)45-38-31-10-8-29(35)32(28(31)19-36)44-26-7-9-30-27(17-26)33(42)41(22-37-30)25-18-34(43-21-25)12-15-39(16-13-34)24-5-3-2-4-6-24/h7-10,17,22-25,38H,2-6,11-16,18,20-21H2,1H3. The predicted octanol–water partition coefficient (Wildman–Crippen LogP) is 6.65. The quantitative estimate of drug-likeness (QED) is 0.288. The number of rotatable bonds is 7. The SMILES string of the molecule is CC1CCN(SNc2ccc(F)c(Oc3ccc4ncn(C5COC6(CCN(C7CCCCC7)CC6)C5)c(=O)c4c3)c2C#N)C1. The Morgan fingerprint density at radius 2 is 1.93 bits per heavy atom. The normalized spacial score (nSPS) is 24.3. The van der Waals surface area contributed by atoms with Gasteiger partial charge in [-0.3, -0.25) is 9.36 Å². The number of nitriles is 1. The minimum Gasteiger partial charge on any atom is -0.453 e. The number of fused-ring (bicyclic) bond motifs is 1. The van der Waals surface area contributed by atoms with Gasteiger partial charge in [0.15, 0.2) is 11.6 Å². The Labute approximate surface area is 268 Å². The highest BCUT2D eigenvalue weighted by Crippen LogP contribution is 2.42. The molecule has 2 atom stereocenters. The number of aromatic nitrogens is 2. The first kappa shape index (κ1) is 30.5. The third-order valence-electron chi connectivity index (χ3n) is 10.3. The van der Waals surface area contributed by atoms with E-state index in [9.17, 15) is 10.1 Å². The maximum Gasteiger partial charge on any atom is 0.261 e. The topological polar surface area (TPSA) is 95.7 Å². The van der Waals surface area contributed by atoms with E-state index >= 15 is 4.39 Å². The molecule has 7 rings (SSSR count). The van der Waals surface area contributed by atoms with Gasteiger partial charge in [0.1, 0.15) is 17.4 Å². The molecule has 4 aliphatic rings. The lowest BCUT2D eigenvalue weighted by atomic mass is 9.85. The van der Waals surface area contributed by atoms with Gasteiger partial charge in [-0.05, 0) is 74.8 Å². The zero-order valence-electron chi connectivity index (χ0n) is 25.8. The van der Waals surface area contributed by atoms with Gasteiger partial charge < -0.3 is 19.1 Å². The van der Waals surface area contributed by atoms with Crippen LogP contribution in [0.25, 0.3) is 10.9 Å². The monoisotopic (exact) mass is 632 g/mol. The first-order chi connectivity index (χ1) is 21.9. The summed E-state index contributed by atoms with van der Waals surface area (Å²) in [5, 5.41) is 10.3. The van der Waals surface area contributed by atoms with Crippen LogP contribution in [-0.4, -0.2) is 63.2 Å². The van der Waals surface area contributed by atoms with E-state index in [1.807, 2.05) is 0 Å². The fourth-order valence-corrected chi connectivity index (χ4v) is 8.51. The highest BCUT2D eigenvalue weighted by atomic mass is 32.2. The highest BCUT2D eigenvalue weighted by molar-refractivity contribution is 7.98. The highest BCUT2D eigenvalue weighted by Gasteiger charge is 2.44. The summed E-state index contributed by atoms with van der Waals surface area (Å²) in [5.74, 6) is 0.0537. The van der Waals surface area contributed by atoms with E-state index in [1.54, 1.807) is 35.2 Å². The summed E-state index contributed by atoms with van der Waals surface area (Å²) in [5.41, 5.74) is 0.712. The van der Waals surface area contributed by atoms with Gasteiger partial charge >= 0.3 is 0 Å². The molecule has 4 fully saturated rings. The molecule has 2 aromatic carbocycles. The van der Waals surface area contributed by atoms with Gasteiger partial charge in [0, 0.05) is 44.4 Å². The van der Waals surface area contributed by atoms with Crippen molar-refractivity contribution in [2.75, 3.05) is 37.5 Å². The smallest absolute Gasteiger partial charge is 0.261 e. The Morgan fingerprint density at radius 3 is 2.69 bits per heavy atom. The second-order valence-electron chi connectivity index (χ2n) is 13.3. The molecule has 1 N–H and O–H groups in total. The molecular formula is C34H41FN6O3S. The number of anilines is 1. The van der Waals surface area contributed by atoms with Crippen LogP contribution in [0.2, 0.25) is 0 Å². The van der Waals surface area contributed by atoms with Crippen LogP contribution in [0.5, 0.6) is 11.5 Å². The Morgan fingerprint density at radius 1 is 1.11 bits per heavy atom. The zero-order valence-corrected chi connectivity index (χ0v) is 26.7. The van der Waals surface area contributed by atoms with Gasteiger partial charge in [0.05, 0.1) is 41.2 Å². The molecule has 1 aliphatic carbocycles. The van der Waals surface area contributed by atoms with Crippen molar-refractivity contribution in [3.8, 4) is 17.6 Å². The third kappa shape index (κ3) is 6.30. The van der Waals surface area contributed by atoms with Crippen LogP contribution in [0.4, 0.5) is 10.1 Å². The fourth-order valence-electron chi connectivity index (χ4n) is 7.59. The molecule has 0 bridgehead atoms. The van der Waals surface area contributed by atoms with Crippen molar-refractivity contribution in [2.24, 2.45) is 5.92 Å². The van der Waals surface area contributed by atoms with E-state index in [1.165, 1.54) is 50.3 Å². The molecule has 1 spiro atoms. The second kappa shape index (κ2) is 12.9. The van der Waals surface area contributed by atoms with E-state index < -0.39 is 5.82 Å². The fraction of sp³-hybridized carbons (Fsp3) is 0.559. The zero-order chi connectivity index (χ0) is 31.0. The summed E-state index contributed by atoms with van der Waals surface area (Å²) in [7, 11) is 0. The van der Waals surface area contributed by atoms with Crippen molar-refractivity contribution in [3.05, 3.63) is 58.4 Å². The molecule has 3 saturated heterocycles. The first-order valence-electron chi connectivity index (χ1n) is 16.4. The summed E-state index contributed by atoms with van der Waals surface area (Å²) in [6, 6.07) is 10.5. The van der Waals surface area contributed by atoms with Gasteiger partial charge in [-0.25, -0.2) is 13.7 Å². The van der Waals surface area contributed by atoms with Gasteiger partial charge in [0.2, 0.25) is 0 Å². The number of benzene rings is 2. The van der Waals surface area contributed by atoms with Crippen LogP contribution in [0.3, 0.4) is 0 Å². The second-order valence-corrected chi connectivity index (χ2v) is 14.2. The van der Waals surface area contributed by atoms with Crippen LogP contribution in [0.15, 0.2) is 41.5 Å². The predicted molar refractivity (Wildman–Crippen MR) is 174 cm³/mol. The van der Waals surface area contributed by atoms with Crippen LogP contribution in [0.1, 0.15) is 76.3 Å². The lowest BCUT2D eigenvalue weighted by Crippen LogP contribution is -2.48. The van der Waals surface area contributed by atoms with Crippen molar-refractivity contribution < 1.29 is 13.9 Å². The number of hydrogen-bond donors (Lipinski definition) is 1. The molecule has 11 heteroatoms. The molecule has 3 aliphatic heterocycles. The maximum atomic E-state index is 15.0. The summed E-state index contributed by atoms with van der Waals surface area (Å²) >= 11 is 1.41. The van der Waals surface area contributed by atoms with Crippen molar-refractivity contribution in [3.63, 3.8) is 0 Å². The largest absolute Gasteiger partial charge is 0.453 e. The van der Waals surface area contributed by atoms with Gasteiger partial charge in [-0.1, -0.05) is 26.2 Å². The van der Waals surface area contributed by atoms with E-state index in [0.717, 1.165) is 51.9 Å². The molecular weight excluding hydrogens is 591 g/mol. The number of ether oxygens (including phenoxy) is 2. The molecule has 1 saturated carbocycles. The van der Waals surface area contributed by atoms with E-state index in [2.05, 4.69) is 31.9 Å². The van der Waals surface area contributed by atoms with Crippen LogP contribution < -0.4 is 15.0 Å². The number of likely N-dealkylation sites (tertiary alicyclic amines) is 1. The van der Waals surface area contributed by atoms with Crippen LogP contribution in [-0.2, 0) is 4.74 Å². The molecule has 0 amide bonds. The third-order valence-corrected chi connectivity index (χ3v) is 11.2. The van der Waals surface area contributed by atoms with Crippen molar-refractivity contribution >= 4 is 28.7 Å². The molecule has 3 aromatic rings. The molecule has 2 unspecified atom stereocenters. The Balaban J connectivity index is 1.07. The molecule has 238 valence electrons. The van der Waals surface area contributed by atoms with E-state index in [4.69, 9.17) is 9.47 Å². The van der Waals surface area contributed by atoms with Gasteiger partial charge in [-0.15, -0.1) is 0 Å². The Kier molecular flexibility index (Phi) is 8.75. The van der Waals surface area contributed by atoms with E-state index in [-0.39, 0.29) is 34.3 Å². The molecule has 9 nitrogen and oxygen atoms in total. The molecule has 4 heterocycles. The minimum atomic E-state index is -0.650. The molecule has 1 aromatic heterocycles. The summed E-state index contributed by atoms with van der Waals surface area (Å²) in [4.78, 5) is 21.0. The number of hydrogen-bond acceptors (Lipinski definition) is 9. The summed E-state index contributed by atoms with van der Waals surface area (Å²) in [6.45, 7) is 6.69. The molecule has 0 radical (unpaired) electrons. The number of halogens is 1. The van der Waals surface area contributed by atoms with Crippen LogP contribution in [0, 0.1) is 23.1 Å². The van der Waals surface area contributed by atoms with Crippen LogP contribution >= 0.6 is 12.1 Å². The Bertz CT molecular complexity index is 1650.